The lowest BCUT2D eigenvalue weighted by molar-refractivity contribution is -0.116. The normalized spacial score (nSPS) is 10.8. The minimum Gasteiger partial charge on any atom is -0.465 e. The van der Waals surface area contributed by atoms with Gasteiger partial charge in [0, 0.05) is 6.54 Å². The van der Waals surface area contributed by atoms with Gasteiger partial charge in [-0.15, -0.1) is 11.3 Å². The van der Waals surface area contributed by atoms with Gasteiger partial charge < -0.3 is 10.1 Å². The summed E-state index contributed by atoms with van der Waals surface area (Å²) in [7, 11) is 1.30. The fourth-order valence-corrected chi connectivity index (χ4v) is 3.64. The number of anilines is 1. The number of ether oxygens (including phenoxy) is 1. The smallest absolute Gasteiger partial charge is 0.348 e. The van der Waals surface area contributed by atoms with Crippen molar-refractivity contribution in [1.82, 2.24) is 9.13 Å². The van der Waals surface area contributed by atoms with Crippen molar-refractivity contribution < 1.29 is 14.3 Å². The van der Waals surface area contributed by atoms with E-state index in [2.05, 4.69) is 10.1 Å². The summed E-state index contributed by atoms with van der Waals surface area (Å²) in [5, 5.41) is 3.25. The molecule has 0 unspecified atom stereocenters. The van der Waals surface area contributed by atoms with Gasteiger partial charge in [-0.3, -0.25) is 13.9 Å². The highest BCUT2D eigenvalue weighted by Crippen LogP contribution is 2.22. The van der Waals surface area contributed by atoms with E-state index in [0.717, 1.165) is 28.8 Å². The highest BCUT2D eigenvalue weighted by Gasteiger charge is 2.16. The molecule has 26 heavy (non-hydrogen) atoms. The van der Waals surface area contributed by atoms with E-state index >= 15 is 0 Å². The average molecular weight is 373 g/mol. The van der Waals surface area contributed by atoms with Crippen LogP contribution in [0.1, 0.15) is 23.0 Å². The van der Waals surface area contributed by atoms with Gasteiger partial charge in [0.15, 0.2) is 0 Å². The van der Waals surface area contributed by atoms with Gasteiger partial charge in [-0.05, 0) is 30.7 Å². The minimum atomic E-state index is -0.450. The van der Waals surface area contributed by atoms with E-state index in [4.69, 9.17) is 0 Å². The molecular formula is C18H19N3O4S. The van der Waals surface area contributed by atoms with E-state index in [1.165, 1.54) is 11.7 Å². The molecule has 0 aliphatic carbocycles. The summed E-state index contributed by atoms with van der Waals surface area (Å²) >= 11 is 1.13. The topological polar surface area (TPSA) is 82.3 Å². The summed E-state index contributed by atoms with van der Waals surface area (Å²) < 4.78 is 7.80. The first-order valence-electron chi connectivity index (χ1n) is 8.21. The number of nitrogens with one attached hydrogen (secondary N) is 1. The average Bonchev–Trinajstić information content (AvgIpc) is 3.20. The number of para-hydroxylation sites is 2. The Morgan fingerprint density at radius 3 is 2.46 bits per heavy atom. The number of methoxy groups -OCH3 is 1. The fourth-order valence-electron chi connectivity index (χ4n) is 2.80. The molecule has 0 aliphatic rings. The van der Waals surface area contributed by atoms with Gasteiger partial charge in [0.2, 0.25) is 5.91 Å². The van der Waals surface area contributed by atoms with Crippen LogP contribution in [0, 0.1) is 0 Å². The van der Waals surface area contributed by atoms with E-state index in [1.807, 2.05) is 31.2 Å². The molecule has 1 aromatic carbocycles. The van der Waals surface area contributed by atoms with Crippen LogP contribution in [0.15, 0.2) is 41.2 Å². The van der Waals surface area contributed by atoms with Gasteiger partial charge in [0.1, 0.15) is 11.4 Å². The maximum Gasteiger partial charge on any atom is 0.348 e. The molecule has 0 atom stereocenters. The molecule has 3 rings (SSSR count). The maximum atomic E-state index is 12.7. The number of aryl methyl sites for hydroxylation is 1. The number of thiophene rings is 1. The van der Waals surface area contributed by atoms with Crippen LogP contribution in [-0.4, -0.2) is 28.1 Å². The van der Waals surface area contributed by atoms with Crippen molar-refractivity contribution >= 4 is 39.2 Å². The molecule has 8 heteroatoms. The Morgan fingerprint density at radius 1 is 1.12 bits per heavy atom. The third-order valence-electron chi connectivity index (χ3n) is 3.93. The molecule has 0 aliphatic heterocycles. The van der Waals surface area contributed by atoms with E-state index in [-0.39, 0.29) is 18.1 Å². The SMILES string of the molecule is CCCn1c(=O)n(CC(=O)Nc2ccc(C(=O)OC)s2)c2ccccc21. The zero-order chi connectivity index (χ0) is 18.7. The highest BCUT2D eigenvalue weighted by atomic mass is 32.1. The van der Waals surface area contributed by atoms with Gasteiger partial charge >= 0.3 is 11.7 Å². The van der Waals surface area contributed by atoms with Gasteiger partial charge in [-0.2, -0.15) is 0 Å². The molecule has 136 valence electrons. The zero-order valence-corrected chi connectivity index (χ0v) is 15.3. The van der Waals surface area contributed by atoms with Gasteiger partial charge in [-0.25, -0.2) is 9.59 Å². The van der Waals surface area contributed by atoms with Crippen LogP contribution < -0.4 is 11.0 Å². The quantitative estimate of drug-likeness (QED) is 0.674. The Labute approximate surface area is 153 Å². The standard InChI is InChI=1S/C18H19N3O4S/c1-3-10-20-12-6-4-5-7-13(12)21(18(20)24)11-15(22)19-16-9-8-14(26-16)17(23)25-2/h4-9H,3,10-11H2,1-2H3,(H,19,22). The summed E-state index contributed by atoms with van der Waals surface area (Å²) in [5.41, 5.74) is 1.34. The molecule has 2 aromatic heterocycles. The number of rotatable bonds is 6. The first-order chi connectivity index (χ1) is 12.5. The Bertz CT molecular complexity index is 1020. The van der Waals surface area contributed by atoms with Gasteiger partial charge in [-0.1, -0.05) is 19.1 Å². The number of carbonyl (C=O) groups is 2. The maximum absolute atomic E-state index is 12.7. The highest BCUT2D eigenvalue weighted by molar-refractivity contribution is 7.18. The summed E-state index contributed by atoms with van der Waals surface area (Å²) in [6.07, 6.45) is 0.825. The van der Waals surface area contributed by atoms with Crippen LogP contribution in [0.4, 0.5) is 5.00 Å². The molecule has 3 aromatic rings. The zero-order valence-electron chi connectivity index (χ0n) is 14.5. The lowest BCUT2D eigenvalue weighted by Gasteiger charge is -2.04. The number of benzene rings is 1. The summed E-state index contributed by atoms with van der Waals surface area (Å²) in [5.74, 6) is -0.779. The Morgan fingerprint density at radius 2 is 1.81 bits per heavy atom. The number of imidazole rings is 1. The Kier molecular flexibility index (Phi) is 5.22. The second kappa shape index (κ2) is 7.57. The number of hydrogen-bond acceptors (Lipinski definition) is 5. The number of esters is 1. The molecule has 0 bridgehead atoms. The van der Waals surface area contributed by atoms with Crippen LogP contribution in [0.25, 0.3) is 11.0 Å². The third-order valence-corrected chi connectivity index (χ3v) is 4.91. The molecule has 0 saturated heterocycles. The number of aromatic nitrogens is 2. The van der Waals surface area contributed by atoms with Crippen molar-refractivity contribution in [2.45, 2.75) is 26.4 Å². The first-order valence-corrected chi connectivity index (χ1v) is 9.03. The van der Waals surface area contributed by atoms with E-state index in [9.17, 15) is 14.4 Å². The second-order valence-corrected chi connectivity index (χ2v) is 6.80. The van der Waals surface area contributed by atoms with Crippen molar-refractivity contribution in [2.75, 3.05) is 12.4 Å². The van der Waals surface area contributed by atoms with Crippen LogP contribution in [0.5, 0.6) is 0 Å². The molecule has 1 amide bonds. The first kappa shape index (κ1) is 17.9. The lowest BCUT2D eigenvalue weighted by atomic mass is 10.3. The molecule has 0 saturated carbocycles. The molecule has 1 N–H and O–H groups in total. The summed E-state index contributed by atoms with van der Waals surface area (Å²) in [6, 6.07) is 10.6. The molecule has 0 radical (unpaired) electrons. The number of hydrogen-bond donors (Lipinski definition) is 1. The van der Waals surface area contributed by atoms with Crippen molar-refractivity contribution in [3.8, 4) is 0 Å². The molecule has 2 heterocycles. The molecule has 0 fully saturated rings. The largest absolute Gasteiger partial charge is 0.465 e. The molecular weight excluding hydrogens is 354 g/mol. The Hall–Kier alpha value is -2.87. The number of amides is 1. The third kappa shape index (κ3) is 3.41. The van der Waals surface area contributed by atoms with Crippen LogP contribution >= 0.6 is 11.3 Å². The predicted octanol–water partition coefficient (Wildman–Crippen LogP) is 2.70. The van der Waals surface area contributed by atoms with Crippen molar-refractivity contribution in [1.29, 1.82) is 0 Å². The Balaban J connectivity index is 1.83. The van der Waals surface area contributed by atoms with E-state index in [0.29, 0.717) is 16.4 Å². The monoisotopic (exact) mass is 373 g/mol. The second-order valence-electron chi connectivity index (χ2n) is 5.71. The number of carbonyl (C=O) groups excluding carboxylic acids is 2. The predicted molar refractivity (Wildman–Crippen MR) is 101 cm³/mol. The van der Waals surface area contributed by atoms with E-state index < -0.39 is 5.97 Å². The van der Waals surface area contributed by atoms with Crippen molar-refractivity contribution in [3.05, 3.63) is 51.8 Å². The van der Waals surface area contributed by atoms with Crippen molar-refractivity contribution in [2.24, 2.45) is 0 Å². The fraction of sp³-hybridized carbons (Fsp3) is 0.278. The molecule has 0 spiro atoms. The number of fused-ring (bicyclic) bond motifs is 1. The lowest BCUT2D eigenvalue weighted by Crippen LogP contribution is -2.29. The van der Waals surface area contributed by atoms with Crippen molar-refractivity contribution in [3.63, 3.8) is 0 Å². The van der Waals surface area contributed by atoms with Crippen LogP contribution in [0.3, 0.4) is 0 Å². The van der Waals surface area contributed by atoms with Crippen LogP contribution in [-0.2, 0) is 22.6 Å². The molecule has 7 nitrogen and oxygen atoms in total. The summed E-state index contributed by atoms with van der Waals surface area (Å²) in [6.45, 7) is 2.50. The number of nitrogens with zero attached hydrogens (tertiary/aromatic N) is 2. The van der Waals surface area contributed by atoms with Gasteiger partial charge in [0.05, 0.1) is 23.1 Å². The minimum absolute atomic E-state index is 0.0957. The van der Waals surface area contributed by atoms with E-state index in [1.54, 1.807) is 16.7 Å². The van der Waals surface area contributed by atoms with Crippen LogP contribution in [0.2, 0.25) is 0 Å². The van der Waals surface area contributed by atoms with Gasteiger partial charge in [0.25, 0.3) is 0 Å². The summed E-state index contributed by atoms with van der Waals surface area (Å²) in [4.78, 5) is 37.0.